The molecule has 1 amide bonds. The van der Waals surface area contributed by atoms with Crippen LogP contribution in [0.4, 0.5) is 0 Å². The van der Waals surface area contributed by atoms with Crippen LogP contribution in [0, 0.1) is 0 Å². The Bertz CT molecular complexity index is 281. The first-order valence-corrected chi connectivity index (χ1v) is 8.51. The number of carbonyl (C=O) groups excluding carboxylic acids is 1. The Labute approximate surface area is 98.7 Å². The molecule has 0 unspecified atom stereocenters. The molecule has 2 saturated heterocycles. The first-order chi connectivity index (χ1) is 7.43. The summed E-state index contributed by atoms with van der Waals surface area (Å²) in [5.74, 6) is -0.215. The van der Waals surface area contributed by atoms with Crippen LogP contribution in [0.15, 0.2) is 0 Å². The molecule has 2 fully saturated rings. The zero-order valence-electron chi connectivity index (χ0n) is 10.3. The molecule has 0 aromatic rings. The minimum atomic E-state index is -0.972. The number of nitrogens with zero attached hydrogens (tertiary/aromatic N) is 1. The molecule has 0 aromatic carbocycles. The Kier molecular flexibility index (Phi) is 3.20. The van der Waals surface area contributed by atoms with Gasteiger partial charge in [0.1, 0.15) is 0 Å². The first-order valence-electron chi connectivity index (χ1n) is 5.70. The quantitative estimate of drug-likeness (QED) is 0.702. The smallest absolute Gasteiger partial charge is 0.231 e. The highest BCUT2D eigenvalue weighted by atomic mass is 32.3. The maximum Gasteiger partial charge on any atom is 0.231 e. The van der Waals surface area contributed by atoms with Gasteiger partial charge in [0.05, 0.1) is 13.2 Å². The SMILES string of the molecule is CS(C)(C)N1CCC2(CCC1=O)OCCO2. The average Bonchev–Trinajstić information content (AvgIpc) is 2.55. The van der Waals surface area contributed by atoms with Gasteiger partial charge in [0.2, 0.25) is 5.91 Å². The van der Waals surface area contributed by atoms with Gasteiger partial charge in [-0.25, -0.2) is 0 Å². The standard InChI is InChI=1S/C11H21NO3S/c1-16(2,3)12-7-6-11(5-4-10(12)13)14-8-9-15-11/h4-9H2,1-3H3. The van der Waals surface area contributed by atoms with Crippen molar-refractivity contribution in [3.8, 4) is 0 Å². The van der Waals surface area contributed by atoms with Gasteiger partial charge in [-0.05, 0) is 18.8 Å². The second-order valence-electron chi connectivity index (χ2n) is 5.13. The van der Waals surface area contributed by atoms with Crippen LogP contribution in [0.2, 0.25) is 0 Å². The van der Waals surface area contributed by atoms with E-state index in [0.29, 0.717) is 26.1 Å². The zero-order chi connectivity index (χ0) is 11.8. The lowest BCUT2D eigenvalue weighted by atomic mass is 10.1. The van der Waals surface area contributed by atoms with Gasteiger partial charge < -0.3 is 13.8 Å². The van der Waals surface area contributed by atoms with E-state index in [-0.39, 0.29) is 5.91 Å². The van der Waals surface area contributed by atoms with E-state index in [2.05, 4.69) is 18.8 Å². The summed E-state index contributed by atoms with van der Waals surface area (Å²) < 4.78 is 13.4. The average molecular weight is 247 g/mol. The maximum atomic E-state index is 12.0. The molecule has 5 heteroatoms. The van der Waals surface area contributed by atoms with Gasteiger partial charge in [0.25, 0.3) is 0 Å². The van der Waals surface area contributed by atoms with E-state index in [9.17, 15) is 4.79 Å². The summed E-state index contributed by atoms with van der Waals surface area (Å²) in [7, 11) is -0.972. The molecular formula is C11H21NO3S. The van der Waals surface area contributed by atoms with Crippen molar-refractivity contribution in [3.63, 3.8) is 0 Å². The summed E-state index contributed by atoms with van der Waals surface area (Å²) in [6, 6.07) is 0. The summed E-state index contributed by atoms with van der Waals surface area (Å²) in [6.45, 7) is 2.09. The van der Waals surface area contributed by atoms with Crippen molar-refractivity contribution >= 4 is 16.1 Å². The van der Waals surface area contributed by atoms with E-state index in [1.807, 2.05) is 4.31 Å². The number of hydrogen-bond acceptors (Lipinski definition) is 3. The maximum absolute atomic E-state index is 12.0. The predicted octanol–water partition coefficient (Wildman–Crippen LogP) is 1.35. The molecule has 0 N–H and O–H groups in total. The molecular weight excluding hydrogens is 226 g/mol. The molecule has 0 atom stereocenters. The molecule has 0 radical (unpaired) electrons. The fourth-order valence-electron chi connectivity index (χ4n) is 2.31. The van der Waals surface area contributed by atoms with E-state index in [1.165, 1.54) is 0 Å². The minimum absolute atomic E-state index is 0.249. The lowest BCUT2D eigenvalue weighted by Gasteiger charge is -2.39. The summed E-state index contributed by atoms with van der Waals surface area (Å²) in [5.41, 5.74) is 0. The molecule has 0 bridgehead atoms. The third kappa shape index (κ3) is 2.36. The van der Waals surface area contributed by atoms with Gasteiger partial charge in [-0.1, -0.05) is 0 Å². The number of hydrogen-bond donors (Lipinski definition) is 0. The lowest BCUT2D eigenvalue weighted by Crippen LogP contribution is -2.34. The Hall–Kier alpha value is -0.260. The Morgan fingerprint density at radius 1 is 1.19 bits per heavy atom. The van der Waals surface area contributed by atoms with Crippen molar-refractivity contribution in [2.75, 3.05) is 38.5 Å². The molecule has 0 aromatic heterocycles. The van der Waals surface area contributed by atoms with Crippen molar-refractivity contribution < 1.29 is 14.3 Å². The molecule has 2 rings (SSSR count). The van der Waals surface area contributed by atoms with Crippen molar-refractivity contribution in [2.45, 2.75) is 25.0 Å². The van der Waals surface area contributed by atoms with Crippen LogP contribution < -0.4 is 0 Å². The Morgan fingerprint density at radius 3 is 2.38 bits per heavy atom. The van der Waals surface area contributed by atoms with Crippen molar-refractivity contribution in [1.29, 1.82) is 0 Å². The fraction of sp³-hybridized carbons (Fsp3) is 0.909. The van der Waals surface area contributed by atoms with Gasteiger partial charge in [0, 0.05) is 25.8 Å². The molecule has 2 aliphatic heterocycles. The van der Waals surface area contributed by atoms with Gasteiger partial charge in [-0.2, -0.15) is 10.2 Å². The van der Waals surface area contributed by atoms with Gasteiger partial charge in [0.15, 0.2) is 5.79 Å². The number of carbonyl (C=O) groups is 1. The highest BCUT2D eigenvalue weighted by Gasteiger charge is 2.41. The van der Waals surface area contributed by atoms with Crippen molar-refractivity contribution in [1.82, 2.24) is 4.31 Å². The zero-order valence-corrected chi connectivity index (χ0v) is 11.1. The number of amides is 1. The topological polar surface area (TPSA) is 38.8 Å². The molecule has 94 valence electrons. The predicted molar refractivity (Wildman–Crippen MR) is 65.6 cm³/mol. The monoisotopic (exact) mass is 247 g/mol. The highest BCUT2D eigenvalue weighted by molar-refractivity contribution is 8.30. The van der Waals surface area contributed by atoms with Crippen LogP contribution in [0.25, 0.3) is 0 Å². The third-order valence-electron chi connectivity index (χ3n) is 3.17. The van der Waals surface area contributed by atoms with Gasteiger partial charge in [-0.3, -0.25) is 4.79 Å². The summed E-state index contributed by atoms with van der Waals surface area (Å²) in [5, 5.41) is 0. The van der Waals surface area contributed by atoms with Crippen LogP contribution in [-0.2, 0) is 14.3 Å². The van der Waals surface area contributed by atoms with E-state index < -0.39 is 16.0 Å². The van der Waals surface area contributed by atoms with E-state index in [0.717, 1.165) is 13.0 Å². The Balaban J connectivity index is 2.09. The van der Waals surface area contributed by atoms with Crippen molar-refractivity contribution in [2.24, 2.45) is 0 Å². The second kappa shape index (κ2) is 4.20. The minimum Gasteiger partial charge on any atom is -0.347 e. The summed E-state index contributed by atoms with van der Waals surface area (Å²) >= 11 is 0. The molecule has 2 heterocycles. The van der Waals surface area contributed by atoms with Gasteiger partial charge >= 0.3 is 0 Å². The van der Waals surface area contributed by atoms with Crippen LogP contribution in [0.3, 0.4) is 0 Å². The first kappa shape index (κ1) is 12.2. The largest absolute Gasteiger partial charge is 0.347 e. The molecule has 0 aliphatic carbocycles. The second-order valence-corrected chi connectivity index (χ2v) is 9.11. The normalized spacial score (nSPS) is 27.2. The third-order valence-corrected chi connectivity index (χ3v) is 4.88. The number of ether oxygens (including phenoxy) is 2. The van der Waals surface area contributed by atoms with Crippen LogP contribution in [-0.4, -0.2) is 54.5 Å². The van der Waals surface area contributed by atoms with Crippen LogP contribution in [0.1, 0.15) is 19.3 Å². The molecule has 4 nitrogen and oxygen atoms in total. The molecule has 2 aliphatic rings. The lowest BCUT2D eigenvalue weighted by molar-refractivity contribution is -0.164. The van der Waals surface area contributed by atoms with Crippen molar-refractivity contribution in [3.05, 3.63) is 0 Å². The molecule has 0 saturated carbocycles. The van der Waals surface area contributed by atoms with Gasteiger partial charge in [-0.15, -0.1) is 0 Å². The Morgan fingerprint density at radius 2 is 1.81 bits per heavy atom. The summed E-state index contributed by atoms with van der Waals surface area (Å²) in [6.07, 6.45) is 8.52. The molecule has 1 spiro atoms. The van der Waals surface area contributed by atoms with Crippen LogP contribution in [0.5, 0.6) is 0 Å². The van der Waals surface area contributed by atoms with E-state index >= 15 is 0 Å². The van der Waals surface area contributed by atoms with E-state index in [1.54, 1.807) is 0 Å². The number of rotatable bonds is 1. The van der Waals surface area contributed by atoms with E-state index in [4.69, 9.17) is 9.47 Å². The summed E-state index contributed by atoms with van der Waals surface area (Å²) in [4.78, 5) is 12.0. The molecule has 16 heavy (non-hydrogen) atoms. The highest BCUT2D eigenvalue weighted by Crippen LogP contribution is 2.44. The van der Waals surface area contributed by atoms with Crippen LogP contribution >= 0.6 is 10.2 Å². The fourth-order valence-corrected chi connectivity index (χ4v) is 3.65.